The molecule has 7 nitrogen and oxygen atoms in total. The maximum Gasteiger partial charge on any atom is 0.276 e. The van der Waals surface area contributed by atoms with Crippen molar-refractivity contribution in [3.63, 3.8) is 0 Å². The van der Waals surface area contributed by atoms with Gasteiger partial charge in [0.1, 0.15) is 5.69 Å². The number of anilines is 1. The number of hydrogen-bond acceptors (Lipinski definition) is 5. The van der Waals surface area contributed by atoms with Crippen molar-refractivity contribution in [2.75, 3.05) is 5.32 Å². The molecule has 8 heteroatoms. The molecule has 1 heterocycles. The molecule has 0 aliphatic carbocycles. The van der Waals surface area contributed by atoms with Crippen molar-refractivity contribution in [1.82, 2.24) is 9.78 Å². The normalized spacial score (nSPS) is 10.2. The summed E-state index contributed by atoms with van der Waals surface area (Å²) in [5.41, 5.74) is -0.633. The van der Waals surface area contributed by atoms with Crippen LogP contribution < -0.4 is 16.0 Å². The van der Waals surface area contributed by atoms with Crippen LogP contribution in [0.1, 0.15) is 20.8 Å². The predicted molar refractivity (Wildman–Crippen MR) is 73.2 cm³/mol. The lowest BCUT2D eigenvalue weighted by Gasteiger charge is -2.12. The molecule has 1 N–H and O–H groups in total. The van der Waals surface area contributed by atoms with Gasteiger partial charge in [-0.25, -0.2) is 4.68 Å². The van der Waals surface area contributed by atoms with Crippen LogP contribution in [0.3, 0.4) is 0 Å². The summed E-state index contributed by atoms with van der Waals surface area (Å²) >= 11 is 5.77. The molecule has 0 fully saturated rings. The van der Waals surface area contributed by atoms with Gasteiger partial charge in [-0.1, -0.05) is 11.6 Å². The van der Waals surface area contributed by atoms with Gasteiger partial charge in [-0.3, -0.25) is 9.59 Å². The van der Waals surface area contributed by atoms with E-state index < -0.39 is 11.9 Å². The minimum Gasteiger partial charge on any atom is -0.545 e. The van der Waals surface area contributed by atoms with Crippen LogP contribution in [0.15, 0.2) is 35.1 Å². The Labute approximate surface area is 123 Å². The molecule has 0 saturated carbocycles. The number of hydrogen-bond donors (Lipinski definition) is 1. The van der Waals surface area contributed by atoms with Crippen LogP contribution in [0.5, 0.6) is 0 Å². The molecule has 0 saturated heterocycles. The zero-order valence-electron chi connectivity index (χ0n) is 10.8. The average Bonchev–Trinajstić information content (AvgIpc) is 2.41. The molecule has 21 heavy (non-hydrogen) atoms. The zero-order chi connectivity index (χ0) is 15.6. The number of nitrogens with zero attached hydrogens (tertiary/aromatic N) is 2. The zero-order valence-corrected chi connectivity index (χ0v) is 11.5. The van der Waals surface area contributed by atoms with E-state index in [0.717, 1.165) is 4.68 Å². The second-order valence-corrected chi connectivity index (χ2v) is 4.55. The quantitative estimate of drug-likeness (QED) is 0.862. The van der Waals surface area contributed by atoms with Crippen molar-refractivity contribution in [3.05, 3.63) is 57.0 Å². The third-order valence-electron chi connectivity index (χ3n) is 2.64. The predicted octanol–water partition coefficient (Wildman–Crippen LogP) is 0.0495. The Balaban J connectivity index is 2.35. The fraction of sp³-hybridized carbons (Fsp3) is 0.0769. The minimum atomic E-state index is -1.45. The van der Waals surface area contributed by atoms with Crippen LogP contribution in [0.2, 0.25) is 5.02 Å². The van der Waals surface area contributed by atoms with Crippen LogP contribution in [-0.2, 0) is 7.05 Å². The number of rotatable bonds is 3. The molecule has 1 amide bonds. The second-order valence-electron chi connectivity index (χ2n) is 4.11. The summed E-state index contributed by atoms with van der Waals surface area (Å²) in [5.74, 6) is -2.12. The minimum absolute atomic E-state index is 0.0110. The summed E-state index contributed by atoms with van der Waals surface area (Å²) in [7, 11) is 1.39. The highest BCUT2D eigenvalue weighted by Gasteiger charge is 2.12. The van der Waals surface area contributed by atoms with Crippen molar-refractivity contribution < 1.29 is 14.7 Å². The van der Waals surface area contributed by atoms with E-state index in [4.69, 9.17) is 11.6 Å². The van der Waals surface area contributed by atoms with Crippen LogP contribution in [0, 0.1) is 0 Å². The lowest BCUT2D eigenvalue weighted by molar-refractivity contribution is -0.254. The molecule has 0 atom stereocenters. The lowest BCUT2D eigenvalue weighted by atomic mass is 10.1. The number of amides is 1. The maximum absolute atomic E-state index is 12.0. The van der Waals surface area contributed by atoms with Crippen molar-refractivity contribution in [2.45, 2.75) is 0 Å². The van der Waals surface area contributed by atoms with Gasteiger partial charge in [0.05, 0.1) is 11.7 Å². The van der Waals surface area contributed by atoms with Gasteiger partial charge in [-0.05, 0) is 24.3 Å². The summed E-state index contributed by atoms with van der Waals surface area (Å²) in [4.78, 5) is 34.2. The smallest absolute Gasteiger partial charge is 0.276 e. The summed E-state index contributed by atoms with van der Waals surface area (Å²) in [6.07, 6.45) is 0. The maximum atomic E-state index is 12.0. The van der Waals surface area contributed by atoms with E-state index in [0.29, 0.717) is 0 Å². The molecule has 0 aliphatic heterocycles. The molecule has 0 aliphatic rings. The molecule has 0 radical (unpaired) electrons. The van der Waals surface area contributed by atoms with Crippen LogP contribution in [-0.4, -0.2) is 21.7 Å². The largest absolute Gasteiger partial charge is 0.545 e. The molecule has 108 valence electrons. The topological polar surface area (TPSA) is 104 Å². The number of carbonyl (C=O) groups excluding carboxylic acids is 2. The second kappa shape index (κ2) is 5.76. The van der Waals surface area contributed by atoms with Gasteiger partial charge in [0, 0.05) is 23.7 Å². The van der Waals surface area contributed by atoms with Crippen molar-refractivity contribution in [1.29, 1.82) is 0 Å². The summed E-state index contributed by atoms with van der Waals surface area (Å²) in [6.45, 7) is 0. The highest BCUT2D eigenvalue weighted by atomic mass is 35.5. The van der Waals surface area contributed by atoms with Crippen molar-refractivity contribution in [2.24, 2.45) is 7.05 Å². The number of aromatic carboxylic acids is 1. The molecule has 1 aromatic carbocycles. The Morgan fingerprint density at radius 3 is 2.62 bits per heavy atom. The number of carbonyl (C=O) groups is 2. The fourth-order valence-corrected chi connectivity index (χ4v) is 1.78. The molecular formula is C13H9ClN3O4-. The Morgan fingerprint density at radius 2 is 2.00 bits per heavy atom. The lowest BCUT2D eigenvalue weighted by Crippen LogP contribution is -2.26. The number of nitrogens with one attached hydrogen (secondary N) is 1. The molecule has 0 bridgehead atoms. The van der Waals surface area contributed by atoms with Gasteiger partial charge in [0.2, 0.25) is 0 Å². The van der Waals surface area contributed by atoms with Gasteiger partial charge in [0.15, 0.2) is 0 Å². The van der Waals surface area contributed by atoms with Crippen molar-refractivity contribution >= 4 is 29.2 Å². The van der Waals surface area contributed by atoms with E-state index in [-0.39, 0.29) is 27.5 Å². The highest BCUT2D eigenvalue weighted by Crippen LogP contribution is 2.21. The van der Waals surface area contributed by atoms with E-state index in [1.165, 1.54) is 37.4 Å². The first-order chi connectivity index (χ1) is 9.88. The fourth-order valence-electron chi connectivity index (χ4n) is 1.61. The van der Waals surface area contributed by atoms with Crippen LogP contribution in [0.4, 0.5) is 5.69 Å². The third kappa shape index (κ3) is 3.26. The number of carboxylic acid groups (broad SMARTS) is 1. The Bertz CT molecular complexity index is 785. The SMILES string of the molecule is Cn1nc(C(=O)Nc2cc(Cl)ccc2C(=O)[O-])ccc1=O. The number of carboxylic acids is 1. The molecule has 0 spiro atoms. The highest BCUT2D eigenvalue weighted by molar-refractivity contribution is 6.31. The van der Waals surface area contributed by atoms with Gasteiger partial charge in [-0.2, -0.15) is 5.10 Å². The Kier molecular flexibility index (Phi) is 4.04. The van der Waals surface area contributed by atoms with E-state index in [2.05, 4.69) is 10.4 Å². The van der Waals surface area contributed by atoms with Gasteiger partial charge >= 0.3 is 0 Å². The number of aromatic nitrogens is 2. The van der Waals surface area contributed by atoms with E-state index >= 15 is 0 Å². The van der Waals surface area contributed by atoms with Gasteiger partial charge < -0.3 is 15.2 Å². The Morgan fingerprint density at radius 1 is 1.29 bits per heavy atom. The standard InChI is InChI=1S/C13H10ClN3O4/c1-17-11(18)5-4-9(16-17)12(19)15-10-6-7(14)2-3-8(10)13(20)21/h2-6H,1H3,(H,15,19)(H,20,21)/p-1. The van der Waals surface area contributed by atoms with Gasteiger partial charge in [-0.15, -0.1) is 0 Å². The molecular weight excluding hydrogens is 298 g/mol. The van der Waals surface area contributed by atoms with E-state index in [9.17, 15) is 19.5 Å². The van der Waals surface area contributed by atoms with Crippen molar-refractivity contribution in [3.8, 4) is 0 Å². The van der Waals surface area contributed by atoms with Crippen LogP contribution >= 0.6 is 11.6 Å². The first-order valence-corrected chi connectivity index (χ1v) is 6.13. The molecule has 2 aromatic rings. The first kappa shape index (κ1) is 14.7. The third-order valence-corrected chi connectivity index (χ3v) is 2.88. The van der Waals surface area contributed by atoms with E-state index in [1.54, 1.807) is 0 Å². The first-order valence-electron chi connectivity index (χ1n) is 5.75. The number of benzene rings is 1. The van der Waals surface area contributed by atoms with Gasteiger partial charge in [0.25, 0.3) is 11.5 Å². The monoisotopic (exact) mass is 306 g/mol. The molecule has 2 rings (SSSR count). The van der Waals surface area contributed by atoms with Crippen LogP contribution in [0.25, 0.3) is 0 Å². The molecule has 0 unspecified atom stereocenters. The number of aryl methyl sites for hydroxylation is 1. The Hall–Kier alpha value is -2.67. The van der Waals surface area contributed by atoms with E-state index in [1.807, 2.05) is 0 Å². The average molecular weight is 307 g/mol. The molecule has 1 aromatic heterocycles. The number of halogens is 1. The summed E-state index contributed by atoms with van der Waals surface area (Å²) < 4.78 is 0.993. The summed E-state index contributed by atoms with van der Waals surface area (Å²) in [6, 6.07) is 6.29. The summed E-state index contributed by atoms with van der Waals surface area (Å²) in [5, 5.41) is 17.4.